The topological polar surface area (TPSA) is 69.0 Å². The number of thioether (sulfide) groups is 1. The SMILES string of the molecule is CCCCSc1nc2n(n1)C(c1ccc(OCc3ccc(Cl)cc3)cc1)C(C(C)=O)=C(C)N2. The lowest BCUT2D eigenvalue weighted by Crippen LogP contribution is -2.27. The monoisotopic (exact) mass is 482 g/mol. The van der Waals surface area contributed by atoms with Crippen LogP contribution in [0.2, 0.25) is 5.02 Å². The maximum atomic E-state index is 12.6. The molecule has 0 saturated carbocycles. The first kappa shape index (κ1) is 23.4. The Labute approximate surface area is 203 Å². The molecule has 0 fully saturated rings. The van der Waals surface area contributed by atoms with E-state index in [2.05, 4.69) is 17.2 Å². The summed E-state index contributed by atoms with van der Waals surface area (Å²) in [5.74, 6) is 2.39. The standard InChI is InChI=1S/C25H27ClN4O2S/c1-4-5-14-33-25-28-24-27-16(2)22(17(3)31)23(30(24)29-25)19-8-12-21(13-9-19)32-15-18-6-10-20(26)11-7-18/h6-13,23H,4-5,14-15H2,1-3H3,(H,27,28,29). The quantitative estimate of drug-likeness (QED) is 0.286. The van der Waals surface area contributed by atoms with Crippen molar-refractivity contribution in [2.45, 2.75) is 51.4 Å². The Kier molecular flexibility index (Phi) is 7.40. The minimum Gasteiger partial charge on any atom is -0.489 e. The van der Waals surface area contributed by atoms with Crippen LogP contribution in [0, 0.1) is 0 Å². The third kappa shape index (κ3) is 5.42. The minimum atomic E-state index is -0.336. The lowest BCUT2D eigenvalue weighted by atomic mass is 9.93. The summed E-state index contributed by atoms with van der Waals surface area (Å²) < 4.78 is 7.75. The number of hydrogen-bond donors (Lipinski definition) is 1. The van der Waals surface area contributed by atoms with E-state index in [1.165, 1.54) is 0 Å². The molecule has 1 aliphatic heterocycles. The number of ether oxygens (including phenoxy) is 1. The van der Waals surface area contributed by atoms with Crippen LogP contribution in [0.25, 0.3) is 0 Å². The van der Waals surface area contributed by atoms with Crippen LogP contribution in [-0.2, 0) is 11.4 Å². The van der Waals surface area contributed by atoms with Crippen LogP contribution >= 0.6 is 23.4 Å². The first-order valence-electron chi connectivity index (χ1n) is 11.0. The van der Waals surface area contributed by atoms with E-state index in [9.17, 15) is 4.79 Å². The van der Waals surface area contributed by atoms with Gasteiger partial charge in [0.25, 0.3) is 0 Å². The highest BCUT2D eigenvalue weighted by molar-refractivity contribution is 7.99. The number of hydrogen-bond acceptors (Lipinski definition) is 6. The number of nitrogens with zero attached hydrogens (tertiary/aromatic N) is 3. The number of aromatic nitrogens is 3. The Hall–Kier alpha value is -2.77. The van der Waals surface area contributed by atoms with Gasteiger partial charge in [0.2, 0.25) is 11.1 Å². The van der Waals surface area contributed by atoms with Gasteiger partial charge in [0.05, 0.1) is 0 Å². The van der Waals surface area contributed by atoms with Crippen molar-refractivity contribution in [3.05, 3.63) is 76.0 Å². The second kappa shape index (κ2) is 10.4. The van der Waals surface area contributed by atoms with Crippen LogP contribution < -0.4 is 10.1 Å². The molecule has 0 amide bonds. The highest BCUT2D eigenvalue weighted by atomic mass is 35.5. The van der Waals surface area contributed by atoms with E-state index >= 15 is 0 Å². The molecule has 2 aromatic carbocycles. The van der Waals surface area contributed by atoms with Gasteiger partial charge in [0, 0.05) is 22.0 Å². The van der Waals surface area contributed by atoms with Gasteiger partial charge in [-0.2, -0.15) is 4.98 Å². The van der Waals surface area contributed by atoms with Crippen molar-refractivity contribution in [1.82, 2.24) is 14.8 Å². The zero-order chi connectivity index (χ0) is 23.4. The lowest BCUT2D eigenvalue weighted by Gasteiger charge is -2.28. The first-order chi connectivity index (χ1) is 16.0. The van der Waals surface area contributed by atoms with Gasteiger partial charge in [-0.15, -0.1) is 5.10 Å². The van der Waals surface area contributed by atoms with Crippen molar-refractivity contribution in [3.8, 4) is 5.75 Å². The molecular formula is C25H27ClN4O2S. The molecule has 1 aliphatic rings. The zero-order valence-electron chi connectivity index (χ0n) is 19.0. The fourth-order valence-corrected chi connectivity index (χ4v) is 4.80. The Morgan fingerprint density at radius 2 is 1.91 bits per heavy atom. The summed E-state index contributed by atoms with van der Waals surface area (Å²) in [6.07, 6.45) is 2.24. The van der Waals surface area contributed by atoms with Crippen LogP contribution in [0.3, 0.4) is 0 Å². The Balaban J connectivity index is 1.57. The van der Waals surface area contributed by atoms with E-state index in [4.69, 9.17) is 21.4 Å². The van der Waals surface area contributed by atoms with Gasteiger partial charge in [0.15, 0.2) is 5.78 Å². The van der Waals surface area contributed by atoms with E-state index in [0.717, 1.165) is 46.3 Å². The molecule has 1 atom stereocenters. The van der Waals surface area contributed by atoms with Gasteiger partial charge in [-0.25, -0.2) is 4.68 Å². The molecule has 172 valence electrons. The highest BCUT2D eigenvalue weighted by Gasteiger charge is 2.32. The average Bonchev–Trinajstić information content (AvgIpc) is 3.20. The van der Waals surface area contributed by atoms with Crippen molar-refractivity contribution in [2.75, 3.05) is 11.1 Å². The van der Waals surface area contributed by atoms with Crippen molar-refractivity contribution < 1.29 is 9.53 Å². The fourth-order valence-electron chi connectivity index (χ4n) is 3.76. The van der Waals surface area contributed by atoms with Gasteiger partial charge in [-0.05, 0) is 55.7 Å². The van der Waals surface area contributed by atoms with Crippen molar-refractivity contribution in [2.24, 2.45) is 0 Å². The molecule has 0 aliphatic carbocycles. The number of anilines is 1. The minimum absolute atomic E-state index is 0.00870. The molecule has 4 rings (SSSR count). The third-order valence-corrected chi connectivity index (χ3v) is 6.63. The van der Waals surface area contributed by atoms with Crippen molar-refractivity contribution in [1.29, 1.82) is 0 Å². The Morgan fingerprint density at radius 3 is 2.58 bits per heavy atom. The number of rotatable bonds is 9. The van der Waals surface area contributed by atoms with Gasteiger partial charge in [-0.3, -0.25) is 4.79 Å². The number of benzene rings is 2. The van der Waals surface area contributed by atoms with E-state index in [0.29, 0.717) is 23.2 Å². The molecule has 6 nitrogen and oxygen atoms in total. The van der Waals surface area contributed by atoms with Crippen LogP contribution in [0.4, 0.5) is 5.95 Å². The van der Waals surface area contributed by atoms with Gasteiger partial charge in [-0.1, -0.05) is 61.0 Å². The summed E-state index contributed by atoms with van der Waals surface area (Å²) in [5, 5.41) is 9.41. The second-order valence-corrected chi connectivity index (χ2v) is 9.47. The molecule has 3 aromatic rings. The molecule has 0 saturated heterocycles. The number of allylic oxidation sites excluding steroid dienone is 2. The Bertz CT molecular complexity index is 1160. The largest absolute Gasteiger partial charge is 0.489 e. The van der Waals surface area contributed by atoms with E-state index < -0.39 is 0 Å². The van der Waals surface area contributed by atoms with E-state index in [1.54, 1.807) is 18.7 Å². The molecule has 8 heteroatoms. The normalized spacial score (nSPS) is 15.2. The number of carbonyl (C=O) groups excluding carboxylic acids is 1. The predicted octanol–water partition coefficient (Wildman–Crippen LogP) is 6.28. The zero-order valence-corrected chi connectivity index (χ0v) is 20.5. The molecule has 1 aromatic heterocycles. The number of halogens is 1. The summed E-state index contributed by atoms with van der Waals surface area (Å²) in [7, 11) is 0. The van der Waals surface area contributed by atoms with E-state index in [1.807, 2.05) is 60.1 Å². The third-order valence-electron chi connectivity index (χ3n) is 5.46. The van der Waals surface area contributed by atoms with Crippen LogP contribution in [0.15, 0.2) is 65.0 Å². The van der Waals surface area contributed by atoms with Gasteiger partial charge in [0.1, 0.15) is 18.4 Å². The molecule has 0 bridgehead atoms. The number of Topliss-reactive ketones (excluding diaryl/α,β-unsaturated/α-hetero) is 1. The van der Waals surface area contributed by atoms with Crippen LogP contribution in [0.1, 0.15) is 50.8 Å². The predicted molar refractivity (Wildman–Crippen MR) is 133 cm³/mol. The lowest BCUT2D eigenvalue weighted by molar-refractivity contribution is -0.114. The van der Waals surface area contributed by atoms with Gasteiger partial charge >= 0.3 is 0 Å². The number of nitrogens with one attached hydrogen (secondary N) is 1. The number of carbonyl (C=O) groups is 1. The Morgan fingerprint density at radius 1 is 1.18 bits per heavy atom. The molecule has 1 unspecified atom stereocenters. The number of ketones is 1. The fraction of sp³-hybridized carbons (Fsp3) is 0.320. The van der Waals surface area contributed by atoms with Gasteiger partial charge < -0.3 is 10.1 Å². The maximum absolute atomic E-state index is 12.6. The number of fused-ring (bicyclic) bond motifs is 1. The summed E-state index contributed by atoms with van der Waals surface area (Å²) in [6, 6.07) is 15.1. The molecule has 33 heavy (non-hydrogen) atoms. The van der Waals surface area contributed by atoms with Crippen LogP contribution in [0.5, 0.6) is 5.75 Å². The maximum Gasteiger partial charge on any atom is 0.227 e. The average molecular weight is 483 g/mol. The first-order valence-corrected chi connectivity index (χ1v) is 12.4. The summed E-state index contributed by atoms with van der Waals surface area (Å²) in [6.45, 7) is 6.12. The molecule has 0 spiro atoms. The van der Waals surface area contributed by atoms with Crippen molar-refractivity contribution >= 4 is 35.1 Å². The summed E-state index contributed by atoms with van der Waals surface area (Å²) >= 11 is 7.59. The van der Waals surface area contributed by atoms with Crippen LogP contribution in [-0.4, -0.2) is 26.3 Å². The number of unbranched alkanes of at least 4 members (excludes halogenated alkanes) is 1. The summed E-state index contributed by atoms with van der Waals surface area (Å²) in [4.78, 5) is 17.2. The molecule has 2 heterocycles. The van der Waals surface area contributed by atoms with Crippen molar-refractivity contribution in [3.63, 3.8) is 0 Å². The molecule has 0 radical (unpaired) electrons. The molecular weight excluding hydrogens is 456 g/mol. The summed E-state index contributed by atoms with van der Waals surface area (Å²) in [5.41, 5.74) is 3.49. The molecule has 1 N–H and O–H groups in total. The highest BCUT2D eigenvalue weighted by Crippen LogP contribution is 2.37. The second-order valence-electron chi connectivity index (χ2n) is 7.97. The van der Waals surface area contributed by atoms with E-state index in [-0.39, 0.29) is 11.8 Å². The smallest absolute Gasteiger partial charge is 0.227 e.